The second-order valence-electron chi connectivity index (χ2n) is 9.97. The highest BCUT2D eigenvalue weighted by atomic mass is 19.2. The quantitative estimate of drug-likeness (QED) is 0.259. The standard InChI is InChI=1S/C29H34F4O2/c1-3-5-6-18-7-9-21-16-19(8-10-20(21)15-18)17-35-25-14-12-23(27(31)29(25)33)22-11-13-24(34-4-2)28(32)26(22)30/h3,11-14,18-21H,1,4-10,15-17H2,2H3. The summed E-state index contributed by atoms with van der Waals surface area (Å²) in [7, 11) is 0. The molecule has 0 spiro atoms. The number of hydrogen-bond acceptors (Lipinski definition) is 2. The summed E-state index contributed by atoms with van der Waals surface area (Å²) in [6.45, 7) is 5.95. The van der Waals surface area contributed by atoms with Gasteiger partial charge in [-0.15, -0.1) is 6.58 Å². The van der Waals surface area contributed by atoms with E-state index in [0.29, 0.717) is 18.4 Å². The van der Waals surface area contributed by atoms with E-state index in [0.717, 1.165) is 37.5 Å². The van der Waals surface area contributed by atoms with E-state index in [2.05, 4.69) is 6.58 Å². The van der Waals surface area contributed by atoms with Gasteiger partial charge in [-0.25, -0.2) is 8.78 Å². The molecule has 6 heteroatoms. The molecule has 4 atom stereocenters. The summed E-state index contributed by atoms with van der Waals surface area (Å²) in [5, 5.41) is 0. The molecule has 2 saturated carbocycles. The maximum atomic E-state index is 14.8. The van der Waals surface area contributed by atoms with Crippen molar-refractivity contribution in [2.75, 3.05) is 13.2 Å². The van der Waals surface area contributed by atoms with Crippen molar-refractivity contribution in [2.45, 2.75) is 58.3 Å². The van der Waals surface area contributed by atoms with Gasteiger partial charge >= 0.3 is 0 Å². The number of allylic oxidation sites excluding steroid dienone is 1. The fourth-order valence-electron chi connectivity index (χ4n) is 5.92. The minimum atomic E-state index is -1.28. The van der Waals surface area contributed by atoms with Crippen molar-refractivity contribution in [3.05, 3.63) is 60.2 Å². The highest BCUT2D eigenvalue weighted by molar-refractivity contribution is 5.67. The Morgan fingerprint density at radius 2 is 1.31 bits per heavy atom. The highest BCUT2D eigenvalue weighted by Crippen LogP contribution is 2.46. The van der Waals surface area contributed by atoms with E-state index in [4.69, 9.17) is 9.47 Å². The van der Waals surface area contributed by atoms with Gasteiger partial charge in [-0.1, -0.05) is 12.5 Å². The van der Waals surface area contributed by atoms with Crippen molar-refractivity contribution in [1.29, 1.82) is 0 Å². The molecular formula is C29H34F4O2. The van der Waals surface area contributed by atoms with Crippen molar-refractivity contribution < 1.29 is 27.0 Å². The zero-order valence-electron chi connectivity index (χ0n) is 20.3. The highest BCUT2D eigenvalue weighted by Gasteiger charge is 2.35. The third-order valence-corrected chi connectivity index (χ3v) is 7.77. The first-order chi connectivity index (χ1) is 16.9. The zero-order chi connectivity index (χ0) is 24.9. The SMILES string of the molecule is C=CCCC1CCC2CC(COc3ccc(-c4ccc(OCC)c(F)c4F)c(F)c3F)CCC2C1. The predicted molar refractivity (Wildman–Crippen MR) is 129 cm³/mol. The normalized spacial score (nSPS) is 24.0. The molecule has 0 bridgehead atoms. The molecule has 0 saturated heterocycles. The first kappa shape index (κ1) is 25.6. The molecule has 0 radical (unpaired) electrons. The van der Waals surface area contributed by atoms with E-state index in [1.807, 2.05) is 6.08 Å². The summed E-state index contributed by atoms with van der Waals surface area (Å²) in [4.78, 5) is 0. The lowest BCUT2D eigenvalue weighted by Gasteiger charge is -2.42. The lowest BCUT2D eigenvalue weighted by molar-refractivity contribution is 0.0743. The second-order valence-corrected chi connectivity index (χ2v) is 9.97. The van der Waals surface area contributed by atoms with Gasteiger partial charge in [-0.2, -0.15) is 8.78 Å². The van der Waals surface area contributed by atoms with Gasteiger partial charge in [-0.05, 0) is 99.8 Å². The van der Waals surface area contributed by atoms with Crippen LogP contribution in [-0.2, 0) is 0 Å². The van der Waals surface area contributed by atoms with Crippen LogP contribution in [0.2, 0.25) is 0 Å². The van der Waals surface area contributed by atoms with Crippen molar-refractivity contribution in [1.82, 2.24) is 0 Å². The van der Waals surface area contributed by atoms with Gasteiger partial charge in [-0.3, -0.25) is 0 Å². The minimum Gasteiger partial charge on any atom is -0.491 e. The van der Waals surface area contributed by atoms with Crippen LogP contribution in [0.3, 0.4) is 0 Å². The zero-order valence-corrected chi connectivity index (χ0v) is 20.3. The van der Waals surface area contributed by atoms with Crippen molar-refractivity contribution >= 4 is 0 Å². The lowest BCUT2D eigenvalue weighted by Crippen LogP contribution is -2.33. The van der Waals surface area contributed by atoms with Crippen molar-refractivity contribution in [3.63, 3.8) is 0 Å². The molecule has 2 aromatic rings. The van der Waals surface area contributed by atoms with Crippen LogP contribution in [0.25, 0.3) is 11.1 Å². The molecule has 4 unspecified atom stereocenters. The topological polar surface area (TPSA) is 18.5 Å². The monoisotopic (exact) mass is 490 g/mol. The molecule has 0 N–H and O–H groups in total. The van der Waals surface area contributed by atoms with Crippen molar-refractivity contribution in [3.8, 4) is 22.6 Å². The van der Waals surface area contributed by atoms with E-state index in [9.17, 15) is 17.6 Å². The number of fused-ring (bicyclic) bond motifs is 1. The summed E-state index contributed by atoms with van der Waals surface area (Å²) in [5.74, 6) is -2.88. The Morgan fingerprint density at radius 1 is 0.771 bits per heavy atom. The van der Waals surface area contributed by atoms with Crippen LogP contribution < -0.4 is 9.47 Å². The molecule has 35 heavy (non-hydrogen) atoms. The van der Waals surface area contributed by atoms with Gasteiger partial charge < -0.3 is 9.47 Å². The smallest absolute Gasteiger partial charge is 0.201 e. The lowest BCUT2D eigenvalue weighted by atomic mass is 9.64. The molecule has 2 aliphatic rings. The van der Waals surface area contributed by atoms with Crippen LogP contribution in [0.15, 0.2) is 36.9 Å². The summed E-state index contributed by atoms with van der Waals surface area (Å²) in [6.07, 6.45) is 11.3. The van der Waals surface area contributed by atoms with Crippen LogP contribution in [0, 0.1) is 46.9 Å². The fourth-order valence-corrected chi connectivity index (χ4v) is 5.92. The Labute approximate surface area is 205 Å². The molecule has 0 amide bonds. The summed E-state index contributed by atoms with van der Waals surface area (Å²) in [6, 6.07) is 4.92. The second kappa shape index (κ2) is 11.5. The third-order valence-electron chi connectivity index (χ3n) is 7.77. The molecule has 2 nitrogen and oxygen atoms in total. The van der Waals surface area contributed by atoms with Gasteiger partial charge in [0, 0.05) is 11.1 Å². The molecule has 2 fully saturated rings. The largest absolute Gasteiger partial charge is 0.491 e. The molecule has 4 rings (SSSR count). The Bertz CT molecular complexity index is 1040. The Balaban J connectivity index is 1.38. The molecule has 2 aromatic carbocycles. The van der Waals surface area contributed by atoms with E-state index >= 15 is 0 Å². The fraction of sp³-hybridized carbons (Fsp3) is 0.517. The van der Waals surface area contributed by atoms with Crippen LogP contribution in [-0.4, -0.2) is 13.2 Å². The maximum Gasteiger partial charge on any atom is 0.201 e. The number of hydrogen-bond donors (Lipinski definition) is 0. The van der Waals surface area contributed by atoms with Crippen molar-refractivity contribution in [2.24, 2.45) is 23.7 Å². The van der Waals surface area contributed by atoms with Crippen LogP contribution in [0.5, 0.6) is 11.5 Å². The maximum absolute atomic E-state index is 14.8. The number of rotatable bonds is 9. The summed E-state index contributed by atoms with van der Waals surface area (Å²) in [5.41, 5.74) is -0.723. The van der Waals surface area contributed by atoms with Crippen LogP contribution in [0.4, 0.5) is 17.6 Å². The van der Waals surface area contributed by atoms with Crippen LogP contribution in [0.1, 0.15) is 58.3 Å². The molecule has 2 aliphatic carbocycles. The summed E-state index contributed by atoms with van der Waals surface area (Å²) >= 11 is 0. The first-order valence-electron chi connectivity index (χ1n) is 12.8. The number of halogens is 4. The Hall–Kier alpha value is -2.50. The molecular weight excluding hydrogens is 456 g/mol. The Kier molecular flexibility index (Phi) is 8.40. The van der Waals surface area contributed by atoms with Crippen LogP contribution >= 0.6 is 0 Å². The van der Waals surface area contributed by atoms with E-state index < -0.39 is 23.3 Å². The minimum absolute atomic E-state index is 0.156. The van der Waals surface area contributed by atoms with E-state index in [-0.39, 0.29) is 29.2 Å². The molecule has 190 valence electrons. The predicted octanol–water partition coefficient (Wildman–Crippen LogP) is 8.49. The average Bonchev–Trinajstić information content (AvgIpc) is 2.87. The molecule has 0 aromatic heterocycles. The van der Waals surface area contributed by atoms with Gasteiger partial charge in [0.05, 0.1) is 13.2 Å². The van der Waals surface area contributed by atoms with E-state index in [1.165, 1.54) is 49.9 Å². The number of benzene rings is 2. The number of ether oxygens (including phenoxy) is 2. The molecule has 0 aliphatic heterocycles. The Morgan fingerprint density at radius 3 is 1.89 bits per heavy atom. The van der Waals surface area contributed by atoms with Gasteiger partial charge in [0.15, 0.2) is 23.1 Å². The van der Waals surface area contributed by atoms with Gasteiger partial charge in [0.25, 0.3) is 0 Å². The molecule has 0 heterocycles. The summed E-state index contributed by atoms with van der Waals surface area (Å²) < 4.78 is 69.1. The first-order valence-corrected chi connectivity index (χ1v) is 12.8. The average molecular weight is 491 g/mol. The van der Waals surface area contributed by atoms with Gasteiger partial charge in [0.2, 0.25) is 11.6 Å². The third kappa shape index (κ3) is 5.68. The van der Waals surface area contributed by atoms with Gasteiger partial charge in [0.1, 0.15) is 0 Å². The van der Waals surface area contributed by atoms with E-state index in [1.54, 1.807) is 6.92 Å².